The molecule has 0 spiro atoms. The molecule has 0 aliphatic rings. The summed E-state index contributed by atoms with van der Waals surface area (Å²) >= 11 is 0. The second-order valence-electron chi connectivity index (χ2n) is 6.41. The molecule has 0 saturated heterocycles. The van der Waals surface area contributed by atoms with Crippen molar-refractivity contribution in [3.8, 4) is 23.1 Å². The van der Waals surface area contributed by atoms with Crippen molar-refractivity contribution in [3.05, 3.63) is 54.9 Å². The molecule has 4 aromatic heterocycles. The molecule has 0 aromatic carbocycles. The summed E-state index contributed by atoms with van der Waals surface area (Å²) in [6.45, 7) is 0.744. The predicted molar refractivity (Wildman–Crippen MR) is 107 cm³/mol. The zero-order valence-corrected chi connectivity index (χ0v) is 16.5. The molecule has 4 rings (SSSR count). The standard InChI is InChI=1S/C20H22N7O2/c1-26-13-16(15-12-24-20(29-3)25-18(15)28-2)27-10-9-23-17(19(26)27)22-8-6-14-5-4-7-21-11-14/h4-5,7,9-13H,6,8H2,1-3H3,(H,22,23)/q+1. The second kappa shape index (κ2) is 8.09. The van der Waals surface area contributed by atoms with Crippen molar-refractivity contribution in [1.82, 2.24) is 24.3 Å². The Morgan fingerprint density at radius 3 is 2.79 bits per heavy atom. The quantitative estimate of drug-likeness (QED) is 0.479. The van der Waals surface area contributed by atoms with Gasteiger partial charge in [-0.3, -0.25) is 4.98 Å². The number of fused-ring (bicyclic) bond motifs is 1. The van der Waals surface area contributed by atoms with Gasteiger partial charge in [-0.25, -0.2) is 14.5 Å². The Kier molecular flexibility index (Phi) is 5.19. The van der Waals surface area contributed by atoms with E-state index in [9.17, 15) is 0 Å². The van der Waals surface area contributed by atoms with Crippen LogP contribution < -0.4 is 19.4 Å². The first-order valence-electron chi connectivity index (χ1n) is 9.15. The van der Waals surface area contributed by atoms with Gasteiger partial charge in [0, 0.05) is 25.1 Å². The molecule has 0 fully saturated rings. The Morgan fingerprint density at radius 1 is 1.14 bits per heavy atom. The Hall–Kier alpha value is -3.75. The van der Waals surface area contributed by atoms with E-state index in [4.69, 9.17) is 9.47 Å². The van der Waals surface area contributed by atoms with Crippen LogP contribution in [0.5, 0.6) is 11.9 Å². The molecular formula is C20H22N7O2+. The van der Waals surface area contributed by atoms with Gasteiger partial charge in [-0.2, -0.15) is 9.38 Å². The van der Waals surface area contributed by atoms with Crippen LogP contribution in [0.2, 0.25) is 0 Å². The maximum Gasteiger partial charge on any atom is 0.329 e. The molecule has 0 saturated carbocycles. The lowest BCUT2D eigenvalue weighted by Gasteiger charge is -2.06. The summed E-state index contributed by atoms with van der Waals surface area (Å²) in [6, 6.07) is 4.27. The maximum atomic E-state index is 5.45. The number of aromatic nitrogens is 6. The molecule has 0 atom stereocenters. The lowest BCUT2D eigenvalue weighted by atomic mass is 10.2. The van der Waals surface area contributed by atoms with Gasteiger partial charge in [-0.1, -0.05) is 6.07 Å². The number of methoxy groups -OCH3 is 2. The van der Waals surface area contributed by atoms with Crippen molar-refractivity contribution >= 4 is 11.5 Å². The van der Waals surface area contributed by atoms with Crippen LogP contribution in [0.3, 0.4) is 0 Å². The summed E-state index contributed by atoms with van der Waals surface area (Å²) in [5.41, 5.74) is 3.75. The van der Waals surface area contributed by atoms with Gasteiger partial charge in [0.1, 0.15) is 18.0 Å². The van der Waals surface area contributed by atoms with Crippen molar-refractivity contribution in [3.63, 3.8) is 0 Å². The van der Waals surface area contributed by atoms with Crippen LogP contribution in [0, 0.1) is 0 Å². The van der Waals surface area contributed by atoms with Crippen LogP contribution in [-0.2, 0) is 13.5 Å². The largest absolute Gasteiger partial charge is 0.480 e. The minimum absolute atomic E-state index is 0.260. The fourth-order valence-electron chi connectivity index (χ4n) is 3.23. The molecule has 0 radical (unpaired) electrons. The number of ether oxygens (including phenoxy) is 2. The highest BCUT2D eigenvalue weighted by molar-refractivity contribution is 5.70. The number of hydrogen-bond donors (Lipinski definition) is 1. The fraction of sp³-hybridized carbons (Fsp3) is 0.250. The highest BCUT2D eigenvalue weighted by atomic mass is 16.5. The highest BCUT2D eigenvalue weighted by Gasteiger charge is 2.24. The third-order valence-electron chi connectivity index (χ3n) is 4.58. The van der Waals surface area contributed by atoms with Crippen LogP contribution in [0.4, 0.5) is 5.82 Å². The zero-order valence-electron chi connectivity index (χ0n) is 16.5. The topological polar surface area (TPSA) is 90.3 Å². The van der Waals surface area contributed by atoms with E-state index in [1.807, 2.05) is 40.7 Å². The smallest absolute Gasteiger partial charge is 0.329 e. The summed E-state index contributed by atoms with van der Waals surface area (Å²) in [6.07, 6.45) is 11.9. The molecule has 0 aliphatic heterocycles. The SMILES string of the molecule is COc1ncc(-c2c[n+](C)c3c(NCCc4cccnc4)nccn23)c(OC)n1. The Bertz CT molecular complexity index is 1130. The van der Waals surface area contributed by atoms with E-state index in [2.05, 4.69) is 31.3 Å². The third kappa shape index (κ3) is 3.66. The normalized spacial score (nSPS) is 10.9. The summed E-state index contributed by atoms with van der Waals surface area (Å²) in [5, 5.41) is 3.43. The molecule has 4 aromatic rings. The van der Waals surface area contributed by atoms with Gasteiger partial charge in [-0.15, -0.1) is 0 Å². The number of pyridine rings is 1. The van der Waals surface area contributed by atoms with Gasteiger partial charge in [0.15, 0.2) is 5.69 Å². The first-order valence-corrected chi connectivity index (χ1v) is 9.15. The first kappa shape index (κ1) is 18.6. The molecule has 9 heteroatoms. The molecule has 0 bridgehead atoms. The van der Waals surface area contributed by atoms with Gasteiger partial charge < -0.3 is 14.8 Å². The van der Waals surface area contributed by atoms with E-state index >= 15 is 0 Å². The van der Waals surface area contributed by atoms with Gasteiger partial charge in [0.05, 0.1) is 27.5 Å². The molecule has 4 heterocycles. The maximum absolute atomic E-state index is 5.45. The average molecular weight is 392 g/mol. The molecular weight excluding hydrogens is 370 g/mol. The minimum Gasteiger partial charge on any atom is -0.480 e. The van der Waals surface area contributed by atoms with E-state index in [0.717, 1.165) is 35.7 Å². The van der Waals surface area contributed by atoms with Crippen LogP contribution >= 0.6 is 0 Å². The van der Waals surface area contributed by atoms with Crippen molar-refractivity contribution in [1.29, 1.82) is 0 Å². The summed E-state index contributed by atoms with van der Waals surface area (Å²) in [7, 11) is 5.08. The fourth-order valence-corrected chi connectivity index (χ4v) is 3.23. The molecule has 9 nitrogen and oxygen atoms in total. The van der Waals surface area contributed by atoms with Crippen LogP contribution in [0.15, 0.2) is 49.3 Å². The highest BCUT2D eigenvalue weighted by Crippen LogP contribution is 2.29. The summed E-state index contributed by atoms with van der Waals surface area (Å²) in [4.78, 5) is 17.2. The van der Waals surface area contributed by atoms with Gasteiger partial charge in [-0.05, 0) is 18.1 Å². The van der Waals surface area contributed by atoms with Gasteiger partial charge in [0.2, 0.25) is 11.7 Å². The minimum atomic E-state index is 0.260. The van der Waals surface area contributed by atoms with E-state index in [1.165, 1.54) is 12.7 Å². The molecule has 0 amide bonds. The van der Waals surface area contributed by atoms with Crippen molar-refractivity contribution in [2.75, 3.05) is 26.1 Å². The third-order valence-corrected chi connectivity index (χ3v) is 4.58. The van der Waals surface area contributed by atoms with Crippen LogP contribution in [-0.4, -0.2) is 45.1 Å². The van der Waals surface area contributed by atoms with Gasteiger partial charge >= 0.3 is 11.7 Å². The second-order valence-corrected chi connectivity index (χ2v) is 6.41. The first-order chi connectivity index (χ1) is 14.2. The van der Waals surface area contributed by atoms with Crippen LogP contribution in [0.25, 0.3) is 16.9 Å². The summed E-state index contributed by atoms with van der Waals surface area (Å²) < 4.78 is 14.6. The number of imidazole rings is 1. The monoisotopic (exact) mass is 392 g/mol. The molecule has 1 N–H and O–H groups in total. The predicted octanol–water partition coefficient (Wildman–Crippen LogP) is 1.68. The molecule has 0 aliphatic carbocycles. The Balaban J connectivity index is 1.67. The van der Waals surface area contributed by atoms with Crippen molar-refractivity contribution in [2.45, 2.75) is 6.42 Å². The number of nitrogens with one attached hydrogen (secondary N) is 1. The number of hydrogen-bond acceptors (Lipinski definition) is 7. The number of aryl methyl sites for hydroxylation is 1. The summed E-state index contributed by atoms with van der Waals surface area (Å²) in [5.74, 6) is 1.23. The number of anilines is 1. The Labute approximate surface area is 168 Å². The Morgan fingerprint density at radius 2 is 2.03 bits per heavy atom. The van der Waals surface area contributed by atoms with Gasteiger partial charge in [0.25, 0.3) is 0 Å². The number of nitrogens with zero attached hydrogens (tertiary/aromatic N) is 6. The molecule has 148 valence electrons. The van der Waals surface area contributed by atoms with E-state index in [-0.39, 0.29) is 6.01 Å². The van der Waals surface area contributed by atoms with Crippen molar-refractivity contribution in [2.24, 2.45) is 7.05 Å². The lowest BCUT2D eigenvalue weighted by molar-refractivity contribution is -0.643. The van der Waals surface area contributed by atoms with E-state index in [0.29, 0.717) is 5.88 Å². The average Bonchev–Trinajstić information content (AvgIpc) is 3.11. The van der Waals surface area contributed by atoms with E-state index < -0.39 is 0 Å². The van der Waals surface area contributed by atoms with E-state index in [1.54, 1.807) is 25.7 Å². The number of rotatable bonds is 7. The molecule has 29 heavy (non-hydrogen) atoms. The lowest BCUT2D eigenvalue weighted by Crippen LogP contribution is -2.27. The van der Waals surface area contributed by atoms with Crippen molar-refractivity contribution < 1.29 is 14.0 Å². The zero-order chi connectivity index (χ0) is 20.2. The van der Waals surface area contributed by atoms with Crippen LogP contribution in [0.1, 0.15) is 5.56 Å². The molecule has 0 unspecified atom stereocenters.